The molecule has 5 nitrogen and oxygen atoms in total. The molecule has 3 rings (SSSR count). The molecule has 0 saturated heterocycles. The topological polar surface area (TPSA) is 59.5 Å². The molecule has 0 aliphatic rings. The summed E-state index contributed by atoms with van der Waals surface area (Å²) in [6.45, 7) is 2.22. The fourth-order valence-electron chi connectivity index (χ4n) is 2.68. The van der Waals surface area contributed by atoms with Crippen LogP contribution in [0.15, 0.2) is 53.9 Å². The Hall–Kier alpha value is -2.38. The van der Waals surface area contributed by atoms with Gasteiger partial charge in [-0.2, -0.15) is 0 Å². The second kappa shape index (κ2) is 7.47. The molecule has 1 heterocycles. The molecule has 0 radical (unpaired) electrons. The molecule has 0 saturated carbocycles. The zero-order valence-electron chi connectivity index (χ0n) is 14.8. The Labute approximate surface area is 157 Å². The van der Waals surface area contributed by atoms with Gasteiger partial charge in [0.25, 0.3) is 0 Å². The van der Waals surface area contributed by atoms with Crippen molar-refractivity contribution in [1.82, 2.24) is 4.98 Å². The molecular weight excluding hydrogens is 368 g/mol. The van der Waals surface area contributed by atoms with Crippen LogP contribution in [0.25, 0.3) is 21.8 Å². The predicted molar refractivity (Wildman–Crippen MR) is 107 cm³/mol. The van der Waals surface area contributed by atoms with Gasteiger partial charge in [0.2, 0.25) is 10.0 Å². The lowest BCUT2D eigenvalue weighted by Crippen LogP contribution is -2.29. The van der Waals surface area contributed by atoms with Crippen molar-refractivity contribution in [2.45, 2.75) is 6.92 Å². The molecule has 1 aromatic heterocycles. The third-order valence-electron chi connectivity index (χ3n) is 3.98. The number of nitrogens with zero attached hydrogens (tertiary/aromatic N) is 2. The van der Waals surface area contributed by atoms with Gasteiger partial charge in [0.15, 0.2) is 0 Å². The largest absolute Gasteiger partial charge is 0.497 e. The first-order chi connectivity index (χ1) is 12.4. The Kier molecular flexibility index (Phi) is 5.29. The van der Waals surface area contributed by atoms with Crippen molar-refractivity contribution >= 4 is 27.0 Å². The highest BCUT2D eigenvalue weighted by Gasteiger charge is 2.15. The number of anilines is 1. The highest BCUT2D eigenvalue weighted by molar-refractivity contribution is 7.92. The summed E-state index contributed by atoms with van der Waals surface area (Å²) in [5, 5.41) is 2.93. The lowest BCUT2D eigenvalue weighted by Gasteiger charge is -2.20. The molecule has 0 atom stereocenters. The van der Waals surface area contributed by atoms with Gasteiger partial charge in [-0.25, -0.2) is 13.4 Å². The van der Waals surface area contributed by atoms with Crippen molar-refractivity contribution in [1.29, 1.82) is 0 Å². The lowest BCUT2D eigenvalue weighted by molar-refractivity contribution is 0.415. The second-order valence-corrected chi connectivity index (χ2v) is 8.51. The zero-order valence-corrected chi connectivity index (χ0v) is 16.5. The Morgan fingerprint density at radius 1 is 1.04 bits per heavy atom. The first kappa shape index (κ1) is 18.4. The average molecular weight is 389 g/mol. The number of methoxy groups -OCH3 is 1. The lowest BCUT2D eigenvalue weighted by atomic mass is 10.1. The molecule has 0 N–H and O–H groups in total. The second-order valence-electron chi connectivity index (χ2n) is 5.74. The summed E-state index contributed by atoms with van der Waals surface area (Å²) < 4.78 is 30.2. The molecule has 0 aliphatic heterocycles. The Bertz CT molecular complexity index is 978. The van der Waals surface area contributed by atoms with E-state index in [1.807, 2.05) is 60.8 Å². The number of rotatable bonds is 6. The van der Waals surface area contributed by atoms with E-state index in [0.717, 1.165) is 27.6 Å². The molecule has 0 aliphatic carbocycles. The highest BCUT2D eigenvalue weighted by Crippen LogP contribution is 2.31. The third-order valence-corrected chi connectivity index (χ3v) is 6.14. The number of ether oxygens (including phenoxy) is 1. The standard InChI is InChI=1S/C19H20N2O3S2/c1-4-21(26(3,22)23)16-9-5-14(6-10-16)18-13-25-19(20-18)15-7-11-17(24-2)12-8-15/h5-13H,4H2,1-3H3. The van der Waals surface area contributed by atoms with Crippen LogP contribution in [0, 0.1) is 0 Å². The van der Waals surface area contributed by atoms with E-state index in [9.17, 15) is 8.42 Å². The van der Waals surface area contributed by atoms with Gasteiger partial charge in [0, 0.05) is 23.1 Å². The van der Waals surface area contributed by atoms with E-state index in [2.05, 4.69) is 0 Å². The van der Waals surface area contributed by atoms with Gasteiger partial charge in [0.1, 0.15) is 10.8 Å². The fraction of sp³-hybridized carbons (Fsp3) is 0.211. The van der Waals surface area contributed by atoms with Crippen LogP contribution in [0.5, 0.6) is 5.75 Å². The van der Waals surface area contributed by atoms with Crippen LogP contribution in [0.2, 0.25) is 0 Å². The number of benzene rings is 2. The number of thiazole rings is 1. The quantitative estimate of drug-likeness (QED) is 0.633. The summed E-state index contributed by atoms with van der Waals surface area (Å²) in [6.07, 6.45) is 1.21. The molecule has 0 fully saturated rings. The minimum atomic E-state index is -3.27. The van der Waals surface area contributed by atoms with Gasteiger partial charge < -0.3 is 4.74 Å². The number of aromatic nitrogens is 1. The number of hydrogen-bond acceptors (Lipinski definition) is 5. The van der Waals surface area contributed by atoms with Crippen molar-refractivity contribution < 1.29 is 13.2 Å². The molecule has 0 amide bonds. The molecule has 3 aromatic rings. The van der Waals surface area contributed by atoms with Crippen LogP contribution in [-0.4, -0.2) is 33.3 Å². The Morgan fingerprint density at radius 3 is 2.19 bits per heavy atom. The summed E-state index contributed by atoms with van der Waals surface area (Å²) in [5.74, 6) is 0.812. The molecule has 26 heavy (non-hydrogen) atoms. The maximum Gasteiger partial charge on any atom is 0.232 e. The summed E-state index contributed by atoms with van der Waals surface area (Å²) in [5.41, 5.74) is 3.52. The van der Waals surface area contributed by atoms with Gasteiger partial charge in [-0.15, -0.1) is 11.3 Å². The van der Waals surface area contributed by atoms with Crippen LogP contribution in [-0.2, 0) is 10.0 Å². The van der Waals surface area contributed by atoms with Crippen LogP contribution in [0.4, 0.5) is 5.69 Å². The van der Waals surface area contributed by atoms with Crippen LogP contribution < -0.4 is 9.04 Å². The van der Waals surface area contributed by atoms with Crippen molar-refractivity contribution in [2.75, 3.05) is 24.2 Å². The van der Waals surface area contributed by atoms with Crippen LogP contribution in [0.1, 0.15) is 6.92 Å². The smallest absolute Gasteiger partial charge is 0.232 e. The summed E-state index contributed by atoms with van der Waals surface area (Å²) in [4.78, 5) is 4.70. The molecule has 2 aromatic carbocycles. The number of hydrogen-bond donors (Lipinski definition) is 0. The van der Waals surface area contributed by atoms with E-state index >= 15 is 0 Å². The van der Waals surface area contributed by atoms with E-state index in [0.29, 0.717) is 12.2 Å². The molecule has 0 unspecified atom stereocenters. The van der Waals surface area contributed by atoms with Crippen molar-refractivity contribution in [3.8, 4) is 27.6 Å². The normalized spacial score (nSPS) is 11.3. The van der Waals surface area contributed by atoms with E-state index < -0.39 is 10.0 Å². The third kappa shape index (κ3) is 3.89. The zero-order chi connectivity index (χ0) is 18.7. The first-order valence-corrected chi connectivity index (χ1v) is 10.8. The average Bonchev–Trinajstić information content (AvgIpc) is 3.12. The van der Waals surface area contributed by atoms with Crippen molar-refractivity contribution in [3.63, 3.8) is 0 Å². The van der Waals surface area contributed by atoms with E-state index in [-0.39, 0.29) is 0 Å². The molecule has 0 spiro atoms. The molecule has 7 heteroatoms. The predicted octanol–water partition coefficient (Wildman–Crippen LogP) is 4.27. The van der Waals surface area contributed by atoms with Crippen molar-refractivity contribution in [3.05, 3.63) is 53.9 Å². The van der Waals surface area contributed by atoms with Gasteiger partial charge >= 0.3 is 0 Å². The Morgan fingerprint density at radius 2 is 1.65 bits per heavy atom. The van der Waals surface area contributed by atoms with E-state index in [1.165, 1.54) is 10.6 Å². The van der Waals surface area contributed by atoms with E-state index in [1.54, 1.807) is 18.4 Å². The first-order valence-electron chi connectivity index (χ1n) is 8.10. The monoisotopic (exact) mass is 388 g/mol. The van der Waals surface area contributed by atoms with Crippen LogP contribution >= 0.6 is 11.3 Å². The number of sulfonamides is 1. The summed E-state index contributed by atoms with van der Waals surface area (Å²) >= 11 is 1.57. The molecule has 136 valence electrons. The maximum absolute atomic E-state index is 11.8. The summed E-state index contributed by atoms with van der Waals surface area (Å²) in [7, 11) is -1.63. The highest BCUT2D eigenvalue weighted by atomic mass is 32.2. The summed E-state index contributed by atoms with van der Waals surface area (Å²) in [6, 6.07) is 15.2. The van der Waals surface area contributed by atoms with Gasteiger partial charge in [-0.05, 0) is 43.3 Å². The molecular formula is C19H20N2O3S2. The minimum absolute atomic E-state index is 0.399. The van der Waals surface area contributed by atoms with Crippen LogP contribution in [0.3, 0.4) is 0 Å². The van der Waals surface area contributed by atoms with Gasteiger partial charge in [0.05, 0.1) is 24.7 Å². The maximum atomic E-state index is 11.8. The van der Waals surface area contributed by atoms with Gasteiger partial charge in [-0.1, -0.05) is 12.1 Å². The molecule has 0 bridgehead atoms. The Balaban J connectivity index is 1.85. The van der Waals surface area contributed by atoms with Crippen molar-refractivity contribution in [2.24, 2.45) is 0 Å². The minimum Gasteiger partial charge on any atom is -0.497 e. The van der Waals surface area contributed by atoms with Gasteiger partial charge in [-0.3, -0.25) is 4.31 Å². The van der Waals surface area contributed by atoms with E-state index in [4.69, 9.17) is 9.72 Å². The fourth-order valence-corrected chi connectivity index (χ4v) is 4.49. The SMILES string of the molecule is CCN(c1ccc(-c2csc(-c3ccc(OC)cc3)n2)cc1)S(C)(=O)=O.